The zero-order valence-electron chi connectivity index (χ0n) is 11.6. The van der Waals surface area contributed by atoms with Gasteiger partial charge in [-0.25, -0.2) is 4.98 Å². The fourth-order valence-corrected chi connectivity index (χ4v) is 2.34. The molecule has 1 heterocycles. The number of nitrogens with one attached hydrogen (secondary N) is 1. The van der Waals surface area contributed by atoms with Gasteiger partial charge in [0.15, 0.2) is 0 Å². The van der Waals surface area contributed by atoms with Crippen LogP contribution in [0.25, 0.3) is 11.0 Å². The van der Waals surface area contributed by atoms with Crippen molar-refractivity contribution in [3.63, 3.8) is 0 Å². The van der Waals surface area contributed by atoms with Crippen LogP contribution in [-0.4, -0.2) is 15.5 Å². The molecular weight excluding hydrogens is 252 g/mol. The molecule has 102 valence electrons. The lowest BCUT2D eigenvalue weighted by Crippen LogP contribution is -2.30. The topological polar surface area (TPSA) is 70.7 Å². The SMILES string of the molecule is Cc1nc2cc(CNC(=O)C3(C#N)CC3)ccc2n1C. The summed E-state index contributed by atoms with van der Waals surface area (Å²) in [6.07, 6.45) is 1.35. The summed E-state index contributed by atoms with van der Waals surface area (Å²) in [6, 6.07) is 8.07. The minimum atomic E-state index is -0.758. The van der Waals surface area contributed by atoms with Gasteiger partial charge in [-0.3, -0.25) is 4.79 Å². The standard InChI is InChI=1S/C15H16N4O/c1-10-18-12-7-11(3-4-13(12)19(10)2)8-17-14(20)15(9-16)5-6-15/h3-4,7H,5-6,8H2,1-2H3,(H,17,20). The van der Waals surface area contributed by atoms with Crippen molar-refractivity contribution in [3.05, 3.63) is 29.6 Å². The second-order valence-corrected chi connectivity index (χ2v) is 5.42. The molecule has 1 amide bonds. The number of carbonyl (C=O) groups is 1. The molecule has 20 heavy (non-hydrogen) atoms. The molecule has 1 aromatic heterocycles. The third-order valence-corrected chi connectivity index (χ3v) is 4.02. The average molecular weight is 268 g/mol. The molecule has 0 radical (unpaired) electrons. The Kier molecular flexibility index (Phi) is 2.75. The van der Waals surface area contributed by atoms with E-state index in [1.54, 1.807) is 0 Å². The normalized spacial score (nSPS) is 15.8. The third kappa shape index (κ3) is 1.94. The minimum absolute atomic E-state index is 0.155. The number of hydrogen-bond donors (Lipinski definition) is 1. The van der Waals surface area contributed by atoms with Crippen LogP contribution in [0, 0.1) is 23.7 Å². The van der Waals surface area contributed by atoms with Crippen LogP contribution in [0.4, 0.5) is 0 Å². The molecule has 0 aliphatic heterocycles. The molecule has 1 saturated carbocycles. The number of fused-ring (bicyclic) bond motifs is 1. The van der Waals surface area contributed by atoms with Crippen LogP contribution in [0.15, 0.2) is 18.2 Å². The first-order valence-corrected chi connectivity index (χ1v) is 6.67. The van der Waals surface area contributed by atoms with Crippen LogP contribution < -0.4 is 5.32 Å². The molecule has 0 bridgehead atoms. The first-order valence-electron chi connectivity index (χ1n) is 6.67. The Hall–Kier alpha value is -2.35. The molecule has 5 nitrogen and oxygen atoms in total. The van der Waals surface area contributed by atoms with Gasteiger partial charge in [0.25, 0.3) is 0 Å². The number of hydrogen-bond acceptors (Lipinski definition) is 3. The van der Waals surface area contributed by atoms with E-state index in [4.69, 9.17) is 5.26 Å². The molecule has 2 aromatic rings. The smallest absolute Gasteiger partial charge is 0.240 e. The van der Waals surface area contributed by atoms with E-state index >= 15 is 0 Å². The summed E-state index contributed by atoms with van der Waals surface area (Å²) in [5.41, 5.74) is 2.25. The molecule has 3 rings (SSSR count). The largest absolute Gasteiger partial charge is 0.351 e. The van der Waals surface area contributed by atoms with Gasteiger partial charge in [0.05, 0.1) is 17.1 Å². The number of benzene rings is 1. The van der Waals surface area contributed by atoms with Crippen LogP contribution >= 0.6 is 0 Å². The molecule has 5 heteroatoms. The highest BCUT2D eigenvalue weighted by Crippen LogP contribution is 2.45. The summed E-state index contributed by atoms with van der Waals surface area (Å²) in [5.74, 6) is 0.805. The van der Waals surface area contributed by atoms with Gasteiger partial charge < -0.3 is 9.88 Å². The quantitative estimate of drug-likeness (QED) is 0.922. The molecule has 1 fully saturated rings. The van der Waals surface area contributed by atoms with E-state index in [0.717, 1.165) is 22.4 Å². The second-order valence-electron chi connectivity index (χ2n) is 5.42. The van der Waals surface area contributed by atoms with E-state index in [9.17, 15) is 4.79 Å². The van der Waals surface area contributed by atoms with Crippen LogP contribution in [-0.2, 0) is 18.4 Å². The highest BCUT2D eigenvalue weighted by Gasteiger charge is 2.50. The Labute approximate surface area is 117 Å². The van der Waals surface area contributed by atoms with E-state index < -0.39 is 5.41 Å². The van der Waals surface area contributed by atoms with Gasteiger partial charge in [0, 0.05) is 13.6 Å². The van der Waals surface area contributed by atoms with E-state index in [2.05, 4.69) is 16.4 Å². The summed E-state index contributed by atoms with van der Waals surface area (Å²) in [5, 5.41) is 11.8. The summed E-state index contributed by atoms with van der Waals surface area (Å²) in [6.45, 7) is 2.40. The Balaban J connectivity index is 1.75. The van der Waals surface area contributed by atoms with Crippen LogP contribution in [0.3, 0.4) is 0 Å². The Morgan fingerprint density at radius 1 is 1.55 bits per heavy atom. The van der Waals surface area contributed by atoms with Gasteiger partial charge in [-0.1, -0.05) is 6.07 Å². The third-order valence-electron chi connectivity index (χ3n) is 4.02. The van der Waals surface area contributed by atoms with E-state index in [1.807, 2.05) is 36.7 Å². The van der Waals surface area contributed by atoms with E-state index in [0.29, 0.717) is 19.4 Å². The fourth-order valence-electron chi connectivity index (χ4n) is 2.34. The molecule has 0 unspecified atom stereocenters. The second kappa shape index (κ2) is 4.34. The van der Waals surface area contributed by atoms with Crippen molar-refractivity contribution in [2.45, 2.75) is 26.3 Å². The van der Waals surface area contributed by atoms with Crippen LogP contribution in [0.1, 0.15) is 24.2 Å². The van der Waals surface area contributed by atoms with Crippen LogP contribution in [0.5, 0.6) is 0 Å². The van der Waals surface area contributed by atoms with Crippen molar-refractivity contribution in [3.8, 4) is 6.07 Å². The van der Waals surface area contributed by atoms with Crippen molar-refractivity contribution in [1.29, 1.82) is 5.26 Å². The summed E-state index contributed by atoms with van der Waals surface area (Å²) in [4.78, 5) is 16.4. The number of nitriles is 1. The van der Waals surface area contributed by atoms with Crippen molar-refractivity contribution in [1.82, 2.24) is 14.9 Å². The number of nitrogens with zero attached hydrogens (tertiary/aromatic N) is 3. The first-order chi connectivity index (χ1) is 9.55. The fraction of sp³-hybridized carbons (Fsp3) is 0.400. The van der Waals surface area contributed by atoms with Crippen molar-refractivity contribution >= 4 is 16.9 Å². The zero-order chi connectivity index (χ0) is 14.3. The summed E-state index contributed by atoms with van der Waals surface area (Å²) in [7, 11) is 1.98. The highest BCUT2D eigenvalue weighted by atomic mass is 16.2. The maximum absolute atomic E-state index is 11.9. The Morgan fingerprint density at radius 3 is 2.95 bits per heavy atom. The molecular formula is C15H16N4O. The van der Waals surface area contributed by atoms with Gasteiger partial charge in [0.1, 0.15) is 11.2 Å². The van der Waals surface area contributed by atoms with Crippen molar-refractivity contribution in [2.24, 2.45) is 12.5 Å². The van der Waals surface area contributed by atoms with E-state index in [-0.39, 0.29) is 5.91 Å². The Bertz CT molecular complexity index is 734. The molecule has 1 aliphatic carbocycles. The molecule has 1 N–H and O–H groups in total. The number of imidazole rings is 1. The van der Waals surface area contributed by atoms with Gasteiger partial charge in [-0.2, -0.15) is 5.26 Å². The maximum Gasteiger partial charge on any atom is 0.240 e. The molecule has 0 atom stereocenters. The number of aryl methyl sites for hydroxylation is 2. The lowest BCUT2D eigenvalue weighted by Gasteiger charge is -2.08. The summed E-state index contributed by atoms with van der Waals surface area (Å²) < 4.78 is 2.03. The van der Waals surface area contributed by atoms with Gasteiger partial charge in [0.2, 0.25) is 5.91 Å². The van der Waals surface area contributed by atoms with Gasteiger partial charge in [-0.05, 0) is 37.5 Å². The number of aromatic nitrogens is 2. The monoisotopic (exact) mass is 268 g/mol. The van der Waals surface area contributed by atoms with Gasteiger partial charge in [-0.15, -0.1) is 0 Å². The van der Waals surface area contributed by atoms with Gasteiger partial charge >= 0.3 is 0 Å². The highest BCUT2D eigenvalue weighted by molar-refractivity contribution is 5.88. The number of amides is 1. The Morgan fingerprint density at radius 2 is 2.30 bits per heavy atom. The van der Waals surface area contributed by atoms with Crippen molar-refractivity contribution < 1.29 is 4.79 Å². The average Bonchev–Trinajstić information content (AvgIpc) is 3.20. The predicted molar refractivity (Wildman–Crippen MR) is 74.6 cm³/mol. The lowest BCUT2D eigenvalue weighted by molar-refractivity contribution is -0.124. The predicted octanol–water partition coefficient (Wildman–Crippen LogP) is 1.80. The molecule has 0 saturated heterocycles. The molecule has 1 aliphatic rings. The first kappa shape index (κ1) is 12.7. The molecule has 1 aromatic carbocycles. The zero-order valence-corrected chi connectivity index (χ0v) is 11.6. The van der Waals surface area contributed by atoms with Crippen LogP contribution in [0.2, 0.25) is 0 Å². The number of rotatable bonds is 3. The molecule has 0 spiro atoms. The lowest BCUT2D eigenvalue weighted by atomic mass is 10.1. The minimum Gasteiger partial charge on any atom is -0.351 e. The number of carbonyl (C=O) groups excluding carboxylic acids is 1. The van der Waals surface area contributed by atoms with Crippen molar-refractivity contribution in [2.75, 3.05) is 0 Å². The summed E-state index contributed by atoms with van der Waals surface area (Å²) >= 11 is 0. The van der Waals surface area contributed by atoms with E-state index in [1.165, 1.54) is 0 Å². The maximum atomic E-state index is 11.9.